The number of carbonyl (C=O) groups is 1. The fourth-order valence-electron chi connectivity index (χ4n) is 4.50. The van der Waals surface area contributed by atoms with Gasteiger partial charge in [-0.3, -0.25) is 19.1 Å². The molecule has 3 aromatic rings. The van der Waals surface area contributed by atoms with E-state index in [1.807, 2.05) is 13.0 Å². The van der Waals surface area contributed by atoms with Crippen LogP contribution in [0.5, 0.6) is 17.4 Å². The first-order valence-corrected chi connectivity index (χ1v) is 12.2. The molecule has 0 saturated carbocycles. The molecule has 1 aliphatic heterocycles. The molecule has 4 rings (SSSR count). The highest BCUT2D eigenvalue weighted by Crippen LogP contribution is 2.34. The van der Waals surface area contributed by atoms with Crippen LogP contribution in [-0.4, -0.2) is 57.8 Å². The molecule has 1 aromatic carbocycles. The van der Waals surface area contributed by atoms with E-state index in [1.165, 1.54) is 18.8 Å². The predicted octanol–water partition coefficient (Wildman–Crippen LogP) is 3.98. The molecule has 0 aliphatic carbocycles. The van der Waals surface area contributed by atoms with Gasteiger partial charge in [-0.05, 0) is 37.1 Å². The Kier molecular flexibility index (Phi) is 7.79. The van der Waals surface area contributed by atoms with Crippen LogP contribution in [0.1, 0.15) is 54.0 Å². The van der Waals surface area contributed by atoms with Crippen LogP contribution < -0.4 is 15.0 Å². The second-order valence-corrected chi connectivity index (χ2v) is 9.06. The Bertz CT molecular complexity index is 1290. The third kappa shape index (κ3) is 4.88. The maximum absolute atomic E-state index is 13.9. The number of aryl methyl sites for hydroxylation is 1. The molecular weight excluding hydrogens is 484 g/mol. The van der Waals surface area contributed by atoms with Gasteiger partial charge in [-0.15, -0.1) is 0 Å². The summed E-state index contributed by atoms with van der Waals surface area (Å²) in [5, 5.41) is 11.3. The zero-order valence-electron chi connectivity index (χ0n) is 20.5. The van der Waals surface area contributed by atoms with E-state index in [-0.39, 0.29) is 11.5 Å². The first-order valence-electron chi connectivity index (χ1n) is 11.9. The Balaban J connectivity index is 1.78. The molecule has 2 aromatic heterocycles. The van der Waals surface area contributed by atoms with Gasteiger partial charge in [0.25, 0.3) is 11.5 Å². The second-order valence-electron chi connectivity index (χ2n) is 8.62. The summed E-state index contributed by atoms with van der Waals surface area (Å²) in [6.07, 6.45) is 4.26. The Labute approximate surface area is 214 Å². The number of rotatable bonds is 8. The Hall–Kier alpha value is -3.59. The van der Waals surface area contributed by atoms with Gasteiger partial charge in [0, 0.05) is 37.3 Å². The average molecular weight is 513 g/mol. The highest BCUT2D eigenvalue weighted by atomic mass is 35.5. The van der Waals surface area contributed by atoms with Crippen molar-refractivity contribution >= 4 is 17.5 Å². The zero-order valence-corrected chi connectivity index (χ0v) is 21.3. The lowest BCUT2D eigenvalue weighted by Gasteiger charge is -2.21. The van der Waals surface area contributed by atoms with E-state index in [0.29, 0.717) is 54.0 Å². The maximum atomic E-state index is 13.9. The van der Waals surface area contributed by atoms with Crippen LogP contribution >= 0.6 is 11.6 Å². The smallest absolute Gasteiger partial charge is 0.275 e. The van der Waals surface area contributed by atoms with Crippen molar-refractivity contribution in [3.8, 4) is 23.1 Å². The quantitative estimate of drug-likeness (QED) is 0.486. The lowest BCUT2D eigenvalue weighted by Crippen LogP contribution is -2.37. The number of nitrogens with zero attached hydrogens (tertiary/aromatic N) is 4. The van der Waals surface area contributed by atoms with Gasteiger partial charge in [0.1, 0.15) is 23.0 Å². The number of likely N-dealkylation sites (tertiary alicyclic amines) is 1. The average Bonchev–Trinajstić information content (AvgIpc) is 3.38. The number of halogens is 1. The van der Waals surface area contributed by atoms with E-state index in [4.69, 9.17) is 21.1 Å². The molecule has 1 fully saturated rings. The summed E-state index contributed by atoms with van der Waals surface area (Å²) in [4.78, 5) is 37.7. The summed E-state index contributed by atoms with van der Waals surface area (Å²) < 4.78 is 12.4. The molecule has 0 radical (unpaired) electrons. The zero-order chi connectivity index (χ0) is 25.8. The van der Waals surface area contributed by atoms with Crippen molar-refractivity contribution in [2.24, 2.45) is 0 Å². The molecular formula is C26H29ClN4O5. The summed E-state index contributed by atoms with van der Waals surface area (Å²) in [5.74, 6) is -0.0595. The SMILES string of the molecule is CCCCc1nc(O)c(C(=O)N2CC[C@H](c3ccc(Cl)cn3)C2)c(=O)n1-c1c(OC)cccc1OC. The number of hydrogen-bond donors (Lipinski definition) is 1. The second kappa shape index (κ2) is 11.0. The van der Waals surface area contributed by atoms with Crippen molar-refractivity contribution in [3.05, 3.63) is 69.0 Å². The van der Waals surface area contributed by atoms with E-state index in [9.17, 15) is 14.7 Å². The van der Waals surface area contributed by atoms with Crippen LogP contribution in [0.15, 0.2) is 41.3 Å². The lowest BCUT2D eigenvalue weighted by molar-refractivity contribution is 0.0784. The molecule has 1 saturated heterocycles. The molecule has 9 nitrogen and oxygen atoms in total. The van der Waals surface area contributed by atoms with Crippen LogP contribution in [0.2, 0.25) is 5.02 Å². The number of carbonyl (C=O) groups excluding carboxylic acids is 1. The Morgan fingerprint density at radius 2 is 1.92 bits per heavy atom. The van der Waals surface area contributed by atoms with Crippen LogP contribution in [0.25, 0.3) is 5.69 Å². The number of methoxy groups -OCH3 is 2. The summed E-state index contributed by atoms with van der Waals surface area (Å²) in [5.41, 5.74) is 0.107. The first kappa shape index (κ1) is 25.5. The minimum Gasteiger partial charge on any atom is -0.494 e. The van der Waals surface area contributed by atoms with E-state index in [0.717, 1.165) is 18.5 Å². The molecule has 190 valence electrons. The molecule has 1 atom stereocenters. The van der Waals surface area contributed by atoms with E-state index < -0.39 is 17.3 Å². The lowest BCUT2D eigenvalue weighted by atomic mass is 10.0. The Morgan fingerprint density at radius 1 is 1.19 bits per heavy atom. The molecule has 0 unspecified atom stereocenters. The molecule has 10 heteroatoms. The number of ether oxygens (including phenoxy) is 2. The molecule has 1 N–H and O–H groups in total. The standard InChI is InChI=1S/C26H29ClN4O5/c1-4-5-9-21-29-24(32)22(26(34)31(21)23-19(35-2)7-6-8-20(23)36-3)25(33)30-13-12-16(15-30)18-11-10-17(27)14-28-18/h6-8,10-11,14,16,32H,4-5,9,12-13,15H2,1-3H3/t16-/m0/s1. The molecule has 1 aliphatic rings. The molecule has 1 amide bonds. The van der Waals surface area contributed by atoms with Crippen molar-refractivity contribution in [2.45, 2.75) is 38.5 Å². The van der Waals surface area contributed by atoms with Gasteiger partial charge >= 0.3 is 0 Å². The van der Waals surface area contributed by atoms with Gasteiger partial charge in [-0.2, -0.15) is 4.98 Å². The van der Waals surface area contributed by atoms with Crippen LogP contribution in [-0.2, 0) is 6.42 Å². The number of pyridine rings is 1. The van der Waals surface area contributed by atoms with Crippen molar-refractivity contribution in [1.82, 2.24) is 19.4 Å². The number of para-hydroxylation sites is 1. The normalized spacial score (nSPS) is 15.2. The minimum atomic E-state index is -0.672. The van der Waals surface area contributed by atoms with Gasteiger partial charge in [0.15, 0.2) is 5.56 Å². The maximum Gasteiger partial charge on any atom is 0.275 e. The van der Waals surface area contributed by atoms with Crippen LogP contribution in [0.4, 0.5) is 0 Å². The van der Waals surface area contributed by atoms with E-state index in [1.54, 1.807) is 35.4 Å². The number of aromatic hydroxyl groups is 1. The third-order valence-corrected chi connectivity index (χ3v) is 6.59. The fraction of sp³-hybridized carbons (Fsp3) is 0.385. The van der Waals surface area contributed by atoms with E-state index in [2.05, 4.69) is 9.97 Å². The number of unbranched alkanes of at least 4 members (excludes halogenated alkanes) is 1. The molecule has 36 heavy (non-hydrogen) atoms. The monoisotopic (exact) mass is 512 g/mol. The van der Waals surface area contributed by atoms with Crippen LogP contribution in [0.3, 0.4) is 0 Å². The summed E-state index contributed by atoms with van der Waals surface area (Å²) >= 11 is 5.95. The van der Waals surface area contributed by atoms with Crippen molar-refractivity contribution < 1.29 is 19.4 Å². The first-order chi connectivity index (χ1) is 17.4. The van der Waals surface area contributed by atoms with Gasteiger partial charge in [-0.25, -0.2) is 0 Å². The topological polar surface area (TPSA) is 107 Å². The number of amides is 1. The highest BCUT2D eigenvalue weighted by molar-refractivity contribution is 6.30. The van der Waals surface area contributed by atoms with Gasteiger partial charge in [0.2, 0.25) is 5.88 Å². The van der Waals surface area contributed by atoms with Crippen LogP contribution in [0, 0.1) is 0 Å². The summed E-state index contributed by atoms with van der Waals surface area (Å²) in [6, 6.07) is 8.74. The fourth-order valence-corrected chi connectivity index (χ4v) is 4.61. The van der Waals surface area contributed by atoms with Crippen molar-refractivity contribution in [2.75, 3.05) is 27.3 Å². The van der Waals surface area contributed by atoms with Gasteiger partial charge < -0.3 is 19.5 Å². The summed E-state index contributed by atoms with van der Waals surface area (Å²) in [6.45, 7) is 2.80. The largest absolute Gasteiger partial charge is 0.494 e. The highest BCUT2D eigenvalue weighted by Gasteiger charge is 2.33. The van der Waals surface area contributed by atoms with Gasteiger partial charge in [0.05, 0.1) is 19.2 Å². The van der Waals surface area contributed by atoms with Gasteiger partial charge in [-0.1, -0.05) is 31.0 Å². The van der Waals surface area contributed by atoms with Crippen molar-refractivity contribution in [1.29, 1.82) is 0 Å². The Morgan fingerprint density at radius 3 is 2.53 bits per heavy atom. The van der Waals surface area contributed by atoms with Crippen molar-refractivity contribution in [3.63, 3.8) is 0 Å². The minimum absolute atomic E-state index is 0.00156. The predicted molar refractivity (Wildman–Crippen MR) is 136 cm³/mol. The number of hydrogen-bond acceptors (Lipinski definition) is 7. The third-order valence-electron chi connectivity index (χ3n) is 6.37. The number of aromatic nitrogens is 3. The molecule has 0 spiro atoms. The molecule has 0 bridgehead atoms. The van der Waals surface area contributed by atoms with E-state index >= 15 is 0 Å². The molecule has 3 heterocycles. The summed E-state index contributed by atoms with van der Waals surface area (Å²) in [7, 11) is 2.98. The number of benzene rings is 1.